The Bertz CT molecular complexity index is 2670. The van der Waals surface area contributed by atoms with Crippen molar-refractivity contribution < 1.29 is 27.6 Å². The molecule has 3 aromatic heterocycles. The smallest absolute Gasteiger partial charge is 0.312 e. The topological polar surface area (TPSA) is 185 Å². The van der Waals surface area contributed by atoms with Gasteiger partial charge in [-0.05, 0) is 91.0 Å². The molecule has 2 saturated carbocycles. The lowest BCUT2D eigenvalue weighted by atomic mass is 9.59. The number of carbonyl (C=O) groups excluding carboxylic acids is 1. The lowest BCUT2D eigenvalue weighted by Crippen LogP contribution is -2.58. The van der Waals surface area contributed by atoms with E-state index in [1.807, 2.05) is 0 Å². The van der Waals surface area contributed by atoms with Crippen LogP contribution in [0, 0.1) is 27.4 Å². The van der Waals surface area contributed by atoms with Crippen LogP contribution in [0.2, 0.25) is 5.02 Å². The first-order valence-corrected chi connectivity index (χ1v) is 24.7. The average Bonchev–Trinajstić information content (AvgIpc) is 3.66. The number of halogens is 1. The summed E-state index contributed by atoms with van der Waals surface area (Å²) in [7, 11) is -4.62. The number of ether oxygens (including phenoxy) is 2. The molecule has 2 saturated heterocycles. The number of fused-ring (bicyclic) bond motifs is 1. The summed E-state index contributed by atoms with van der Waals surface area (Å²) in [6, 6.07) is 17.2. The summed E-state index contributed by atoms with van der Waals surface area (Å²) in [5.74, 6) is 0.816. The molecule has 5 aromatic rings. The van der Waals surface area contributed by atoms with Gasteiger partial charge in [0.15, 0.2) is 0 Å². The number of hydrogen-bond acceptors (Lipinski definition) is 12. The molecule has 17 heteroatoms. The second-order valence-electron chi connectivity index (χ2n) is 18.9. The minimum atomic E-state index is -4.62. The van der Waals surface area contributed by atoms with Crippen LogP contribution in [-0.4, -0.2) is 84.5 Å². The average molecular weight is 926 g/mol. The van der Waals surface area contributed by atoms with Gasteiger partial charge in [-0.25, -0.2) is 23.1 Å². The molecule has 0 unspecified atom stereocenters. The minimum absolute atomic E-state index is 0.0203. The van der Waals surface area contributed by atoms with E-state index in [0.717, 1.165) is 95.6 Å². The number of H-pyrrole nitrogens is 1. The van der Waals surface area contributed by atoms with E-state index in [0.29, 0.717) is 53.0 Å². The molecule has 4 fully saturated rings. The van der Waals surface area contributed by atoms with Crippen LogP contribution >= 0.6 is 11.6 Å². The number of aromatic amines is 1. The van der Waals surface area contributed by atoms with Crippen LogP contribution < -0.4 is 19.7 Å². The number of benzene rings is 2. The lowest BCUT2D eigenvalue weighted by Gasteiger charge is -2.57. The Kier molecular flexibility index (Phi) is 12.8. The van der Waals surface area contributed by atoms with Gasteiger partial charge in [0, 0.05) is 61.6 Å². The summed E-state index contributed by atoms with van der Waals surface area (Å²) in [6.45, 7) is 11.2. The highest BCUT2D eigenvalue weighted by molar-refractivity contribution is 7.90. The van der Waals surface area contributed by atoms with Gasteiger partial charge in [0.05, 0.1) is 47.2 Å². The second kappa shape index (κ2) is 18.5. The second-order valence-corrected chi connectivity index (χ2v) is 21.0. The normalized spacial score (nSPS) is 21.6. The number of nitrogens with one attached hydrogen (secondary N) is 3. The van der Waals surface area contributed by atoms with Crippen molar-refractivity contribution in [2.45, 2.75) is 95.0 Å². The molecule has 2 aliphatic carbocycles. The molecule has 1 atom stereocenters. The zero-order valence-corrected chi connectivity index (χ0v) is 38.7. The molecule has 9 rings (SSSR count). The van der Waals surface area contributed by atoms with E-state index in [4.69, 9.17) is 21.1 Å². The Morgan fingerprint density at radius 2 is 1.82 bits per heavy atom. The van der Waals surface area contributed by atoms with Gasteiger partial charge in [-0.2, -0.15) is 0 Å². The Balaban J connectivity index is 0.910. The molecule has 1 spiro atoms. The number of pyridine rings is 2. The molecular formula is C48H57ClN8O7S. The van der Waals surface area contributed by atoms with Gasteiger partial charge < -0.3 is 24.7 Å². The SMILES string of the molecule is CC(C)c1ccccc1[C@@H]1COCCN1C1CC2(CCN(c3ccc(C(=O)NS(=O)(=O)c4cnc(NC[C@H]5CC[C@@H](C)CC5)c([N+](=O)[O-])c4)c(Oc4cnc5[nH]cc(Cl)c5c4)c3)CC2)C1. The zero-order chi connectivity index (χ0) is 45.5. The monoisotopic (exact) mass is 924 g/mol. The maximum Gasteiger partial charge on any atom is 0.312 e. The van der Waals surface area contributed by atoms with Crippen molar-refractivity contribution in [3.8, 4) is 11.5 Å². The van der Waals surface area contributed by atoms with Gasteiger partial charge in [0.1, 0.15) is 22.0 Å². The van der Waals surface area contributed by atoms with E-state index in [2.05, 4.69) is 79.8 Å². The van der Waals surface area contributed by atoms with Crippen LogP contribution in [0.4, 0.5) is 17.2 Å². The summed E-state index contributed by atoms with van der Waals surface area (Å²) in [4.78, 5) is 41.5. The number of aromatic nitrogens is 3. The molecular weight excluding hydrogens is 868 g/mol. The van der Waals surface area contributed by atoms with Gasteiger partial charge >= 0.3 is 5.69 Å². The molecule has 5 heterocycles. The highest BCUT2D eigenvalue weighted by atomic mass is 35.5. The van der Waals surface area contributed by atoms with Crippen molar-refractivity contribution in [3.05, 3.63) is 105 Å². The largest absolute Gasteiger partial charge is 0.455 e. The Morgan fingerprint density at radius 3 is 2.57 bits per heavy atom. The third kappa shape index (κ3) is 9.54. The molecule has 3 N–H and O–H groups in total. The van der Waals surface area contributed by atoms with Crippen LogP contribution in [0.3, 0.4) is 0 Å². The maximum atomic E-state index is 14.0. The van der Waals surface area contributed by atoms with Gasteiger partial charge in [-0.1, -0.05) is 69.5 Å². The van der Waals surface area contributed by atoms with Gasteiger partial charge in [-0.15, -0.1) is 0 Å². The predicted molar refractivity (Wildman–Crippen MR) is 250 cm³/mol. The molecule has 2 aliphatic heterocycles. The number of nitrogens with zero attached hydrogens (tertiary/aromatic N) is 5. The summed E-state index contributed by atoms with van der Waals surface area (Å²) < 4.78 is 41.9. The third-order valence-corrected chi connectivity index (χ3v) is 15.9. The van der Waals surface area contributed by atoms with Gasteiger partial charge in [0.2, 0.25) is 5.82 Å². The standard InChI is InChI=1S/C48H57ClN8O7S/c1-30(2)37-6-4-5-7-38(37)43-29-63-19-18-56(43)34-23-48(24-34)14-16-55(17-15-48)33-12-13-39(44(20-33)64-35-21-40-41(49)28-53-45(40)51-26-35)47(58)54-65(61,62)36-22-42(57(59)60)46(52-27-36)50-25-32-10-8-31(3)9-11-32/h4-7,12-13,20-22,26-28,30-32,34,43H,8-11,14-19,23-25,29H2,1-3H3,(H,50,52)(H,51,53)(H,54,58)/t31-,32+,43-/m0/s1. The van der Waals surface area contributed by atoms with Crippen molar-refractivity contribution in [1.82, 2.24) is 24.6 Å². The number of carbonyl (C=O) groups is 1. The molecule has 65 heavy (non-hydrogen) atoms. The predicted octanol–water partition coefficient (Wildman–Crippen LogP) is 9.61. The summed E-state index contributed by atoms with van der Waals surface area (Å²) in [5.41, 5.74) is 3.82. The molecule has 4 aliphatic rings. The quantitative estimate of drug-likeness (QED) is 0.0752. The fourth-order valence-electron chi connectivity index (χ4n) is 10.5. The molecule has 2 aromatic carbocycles. The Labute approximate surface area is 384 Å². The van der Waals surface area contributed by atoms with E-state index in [1.165, 1.54) is 17.3 Å². The van der Waals surface area contributed by atoms with Crippen LogP contribution in [0.1, 0.15) is 106 Å². The highest BCUT2D eigenvalue weighted by Crippen LogP contribution is 2.53. The molecule has 0 bridgehead atoms. The fraction of sp³-hybridized carbons (Fsp3) is 0.479. The number of anilines is 2. The molecule has 344 valence electrons. The lowest BCUT2D eigenvalue weighted by molar-refractivity contribution is -0.384. The Morgan fingerprint density at radius 1 is 1.05 bits per heavy atom. The summed E-state index contributed by atoms with van der Waals surface area (Å²) in [5, 5.41) is 16.2. The first-order chi connectivity index (χ1) is 31.3. The fourth-order valence-corrected chi connectivity index (χ4v) is 11.6. The van der Waals surface area contributed by atoms with E-state index < -0.39 is 31.4 Å². The van der Waals surface area contributed by atoms with E-state index >= 15 is 0 Å². The van der Waals surface area contributed by atoms with Crippen LogP contribution in [0.5, 0.6) is 11.5 Å². The van der Waals surface area contributed by atoms with Crippen molar-refractivity contribution in [1.29, 1.82) is 0 Å². The van der Waals surface area contributed by atoms with E-state index in [1.54, 1.807) is 30.5 Å². The van der Waals surface area contributed by atoms with Crippen LogP contribution in [0.25, 0.3) is 11.0 Å². The van der Waals surface area contributed by atoms with Crippen LogP contribution in [-0.2, 0) is 14.8 Å². The minimum Gasteiger partial charge on any atom is -0.455 e. The first kappa shape index (κ1) is 44.9. The molecule has 1 amide bonds. The number of nitro groups is 1. The highest BCUT2D eigenvalue weighted by Gasteiger charge is 2.49. The van der Waals surface area contributed by atoms with Crippen molar-refractivity contribution in [2.24, 2.45) is 17.3 Å². The van der Waals surface area contributed by atoms with Crippen LogP contribution in [0.15, 0.2) is 78.1 Å². The van der Waals surface area contributed by atoms with Gasteiger partial charge in [0.25, 0.3) is 15.9 Å². The Hall–Kier alpha value is -5.29. The number of morpholine rings is 1. The number of amides is 1. The summed E-state index contributed by atoms with van der Waals surface area (Å²) >= 11 is 6.41. The molecule has 0 radical (unpaired) electrons. The number of sulfonamides is 1. The number of piperidine rings is 1. The number of hydrogen-bond donors (Lipinski definition) is 3. The van der Waals surface area contributed by atoms with Crippen molar-refractivity contribution >= 4 is 55.8 Å². The zero-order valence-electron chi connectivity index (χ0n) is 37.1. The number of rotatable bonds is 13. The first-order valence-electron chi connectivity index (χ1n) is 22.8. The summed E-state index contributed by atoms with van der Waals surface area (Å²) in [6.07, 6.45) is 12.6. The maximum absolute atomic E-state index is 14.0. The third-order valence-electron chi connectivity index (χ3n) is 14.3. The van der Waals surface area contributed by atoms with Crippen molar-refractivity contribution in [3.63, 3.8) is 0 Å². The van der Waals surface area contributed by atoms with Crippen molar-refractivity contribution in [2.75, 3.05) is 49.6 Å². The molecule has 15 nitrogen and oxygen atoms in total. The van der Waals surface area contributed by atoms with Gasteiger partial charge in [-0.3, -0.25) is 19.8 Å². The van der Waals surface area contributed by atoms with E-state index in [9.17, 15) is 23.3 Å². The van der Waals surface area contributed by atoms with E-state index in [-0.39, 0.29) is 34.3 Å².